The summed E-state index contributed by atoms with van der Waals surface area (Å²) in [6, 6.07) is 13.0. The van der Waals surface area contributed by atoms with Gasteiger partial charge in [-0.2, -0.15) is 0 Å². The summed E-state index contributed by atoms with van der Waals surface area (Å²) in [5.74, 6) is 0.987. The Balaban J connectivity index is 2.50. The molecule has 2 rings (SSSR count). The first-order valence-corrected chi connectivity index (χ1v) is 5.84. The third kappa shape index (κ3) is 2.33. The highest BCUT2D eigenvalue weighted by atomic mass is 16.5. The van der Waals surface area contributed by atoms with Crippen LogP contribution in [0.3, 0.4) is 0 Å². The molecule has 0 amide bonds. The molecule has 0 atom stereocenters. The van der Waals surface area contributed by atoms with Crippen LogP contribution in [0.5, 0.6) is 5.75 Å². The van der Waals surface area contributed by atoms with Crippen molar-refractivity contribution in [3.63, 3.8) is 0 Å². The number of hydrogen-bond acceptors (Lipinski definition) is 1. The smallest absolute Gasteiger partial charge is 0.124 e. The molecule has 0 saturated carbocycles. The van der Waals surface area contributed by atoms with Gasteiger partial charge in [-0.25, -0.2) is 0 Å². The molecule has 0 heterocycles. The van der Waals surface area contributed by atoms with Crippen LogP contribution in [0, 0.1) is 20.8 Å². The molecule has 0 unspecified atom stereocenters. The predicted octanol–water partition coefficient (Wildman–Crippen LogP) is 4.29. The van der Waals surface area contributed by atoms with Gasteiger partial charge in [0.15, 0.2) is 0 Å². The van der Waals surface area contributed by atoms with E-state index in [9.17, 15) is 0 Å². The average molecular weight is 226 g/mol. The molecule has 0 radical (unpaired) electrons. The zero-order valence-corrected chi connectivity index (χ0v) is 10.9. The molecule has 1 heteroatoms. The highest BCUT2D eigenvalue weighted by Crippen LogP contribution is 2.29. The molecule has 2 aromatic carbocycles. The highest BCUT2D eigenvalue weighted by Gasteiger charge is 2.06. The molecule has 0 saturated heterocycles. The number of hydrogen-bond donors (Lipinski definition) is 0. The quantitative estimate of drug-likeness (QED) is 0.742. The molecule has 0 aliphatic carbocycles. The van der Waals surface area contributed by atoms with Crippen molar-refractivity contribution < 1.29 is 4.74 Å². The first-order chi connectivity index (χ1) is 8.11. The molecule has 88 valence electrons. The van der Waals surface area contributed by atoms with Crippen molar-refractivity contribution in [1.29, 1.82) is 0 Å². The van der Waals surface area contributed by atoms with Gasteiger partial charge in [0.05, 0.1) is 7.11 Å². The van der Waals surface area contributed by atoms with Gasteiger partial charge < -0.3 is 4.74 Å². The molecule has 0 spiro atoms. The second kappa shape index (κ2) is 4.62. The maximum atomic E-state index is 5.39. The maximum Gasteiger partial charge on any atom is 0.124 e. The zero-order chi connectivity index (χ0) is 12.4. The second-order valence-electron chi connectivity index (χ2n) is 4.51. The Morgan fingerprint density at radius 2 is 1.29 bits per heavy atom. The fraction of sp³-hybridized carbons (Fsp3) is 0.250. The van der Waals surface area contributed by atoms with Gasteiger partial charge in [-0.1, -0.05) is 29.8 Å². The number of ether oxygens (including phenoxy) is 1. The molecule has 0 bridgehead atoms. The van der Waals surface area contributed by atoms with Gasteiger partial charge >= 0.3 is 0 Å². The summed E-state index contributed by atoms with van der Waals surface area (Å²) >= 11 is 0. The molecular formula is C16H18O. The number of aryl methyl sites for hydroxylation is 3. The molecule has 1 nitrogen and oxygen atoms in total. The first-order valence-electron chi connectivity index (χ1n) is 5.84. The number of methoxy groups -OCH3 is 1. The molecule has 0 aromatic heterocycles. The molecule has 0 fully saturated rings. The monoisotopic (exact) mass is 226 g/mol. The van der Waals surface area contributed by atoms with Gasteiger partial charge in [-0.3, -0.25) is 0 Å². The van der Waals surface area contributed by atoms with Crippen LogP contribution in [0.2, 0.25) is 0 Å². The van der Waals surface area contributed by atoms with E-state index in [0.29, 0.717) is 0 Å². The Hall–Kier alpha value is -1.76. The summed E-state index contributed by atoms with van der Waals surface area (Å²) in [5, 5.41) is 0. The number of benzene rings is 2. The Bertz CT molecular complexity index is 501. The summed E-state index contributed by atoms with van der Waals surface area (Å²) in [6.45, 7) is 6.28. The topological polar surface area (TPSA) is 9.23 Å². The molecule has 17 heavy (non-hydrogen) atoms. The van der Waals surface area contributed by atoms with E-state index in [4.69, 9.17) is 4.74 Å². The standard InChI is InChI=1S/C16H18O/c1-11-5-7-14(8-6-11)15-9-12(2)16(17-4)13(3)10-15/h5-10H,1-4H3. The first kappa shape index (κ1) is 11.7. The number of rotatable bonds is 2. The van der Waals surface area contributed by atoms with E-state index >= 15 is 0 Å². The molecule has 0 N–H and O–H groups in total. The van der Waals surface area contributed by atoms with Crippen LogP contribution < -0.4 is 4.74 Å². The van der Waals surface area contributed by atoms with Crippen LogP contribution in [0.1, 0.15) is 16.7 Å². The van der Waals surface area contributed by atoms with Crippen molar-refractivity contribution >= 4 is 0 Å². The van der Waals surface area contributed by atoms with Crippen molar-refractivity contribution in [1.82, 2.24) is 0 Å². The summed E-state index contributed by atoms with van der Waals surface area (Å²) in [4.78, 5) is 0. The zero-order valence-electron chi connectivity index (χ0n) is 10.9. The fourth-order valence-electron chi connectivity index (χ4n) is 2.18. The largest absolute Gasteiger partial charge is 0.496 e. The van der Waals surface area contributed by atoms with Crippen molar-refractivity contribution in [3.05, 3.63) is 53.1 Å². The summed E-state index contributed by atoms with van der Waals surface area (Å²) < 4.78 is 5.39. The fourth-order valence-corrected chi connectivity index (χ4v) is 2.18. The van der Waals surface area contributed by atoms with Crippen LogP contribution in [0.25, 0.3) is 11.1 Å². The van der Waals surface area contributed by atoms with Gasteiger partial charge in [-0.15, -0.1) is 0 Å². The van der Waals surface area contributed by atoms with Gasteiger partial charge in [0.25, 0.3) is 0 Å². The van der Waals surface area contributed by atoms with E-state index in [1.807, 2.05) is 0 Å². The van der Waals surface area contributed by atoms with E-state index in [1.54, 1.807) is 7.11 Å². The Morgan fingerprint density at radius 3 is 1.76 bits per heavy atom. The minimum atomic E-state index is 0.987. The molecule has 0 aliphatic rings. The van der Waals surface area contributed by atoms with Gasteiger partial charge in [-0.05, 0) is 55.2 Å². The Labute approximate surface area is 103 Å². The average Bonchev–Trinajstić information content (AvgIpc) is 2.29. The summed E-state index contributed by atoms with van der Waals surface area (Å²) in [6.07, 6.45) is 0. The minimum absolute atomic E-state index is 0.987. The van der Waals surface area contributed by atoms with Crippen molar-refractivity contribution in [3.8, 4) is 16.9 Å². The third-order valence-corrected chi connectivity index (χ3v) is 3.05. The summed E-state index contributed by atoms with van der Waals surface area (Å²) in [7, 11) is 1.72. The molecule has 0 aliphatic heterocycles. The van der Waals surface area contributed by atoms with E-state index in [0.717, 1.165) is 5.75 Å². The van der Waals surface area contributed by atoms with Gasteiger partial charge in [0.2, 0.25) is 0 Å². The third-order valence-electron chi connectivity index (χ3n) is 3.05. The SMILES string of the molecule is COc1c(C)cc(-c2ccc(C)cc2)cc1C. The summed E-state index contributed by atoms with van der Waals surface area (Å²) in [5.41, 5.74) is 6.16. The van der Waals surface area contributed by atoms with E-state index < -0.39 is 0 Å². The lowest BCUT2D eigenvalue weighted by Gasteiger charge is -2.11. The highest BCUT2D eigenvalue weighted by molar-refractivity contribution is 5.67. The second-order valence-corrected chi connectivity index (χ2v) is 4.51. The Kier molecular flexibility index (Phi) is 3.19. The van der Waals surface area contributed by atoms with Crippen LogP contribution >= 0.6 is 0 Å². The van der Waals surface area contributed by atoms with Gasteiger partial charge in [0, 0.05) is 0 Å². The van der Waals surface area contributed by atoms with Crippen LogP contribution in [0.15, 0.2) is 36.4 Å². The van der Waals surface area contributed by atoms with Crippen LogP contribution in [0.4, 0.5) is 0 Å². The normalized spacial score (nSPS) is 10.4. The maximum absolute atomic E-state index is 5.39. The van der Waals surface area contributed by atoms with E-state index in [-0.39, 0.29) is 0 Å². The van der Waals surface area contributed by atoms with Crippen molar-refractivity contribution in [2.75, 3.05) is 7.11 Å². The lowest BCUT2D eigenvalue weighted by molar-refractivity contribution is 0.408. The lowest BCUT2D eigenvalue weighted by Crippen LogP contribution is -1.92. The van der Waals surface area contributed by atoms with E-state index in [2.05, 4.69) is 57.2 Å². The molecule has 2 aromatic rings. The van der Waals surface area contributed by atoms with E-state index in [1.165, 1.54) is 27.8 Å². The lowest BCUT2D eigenvalue weighted by atomic mass is 9.99. The predicted molar refractivity (Wildman–Crippen MR) is 72.6 cm³/mol. The van der Waals surface area contributed by atoms with Crippen molar-refractivity contribution in [2.24, 2.45) is 0 Å². The van der Waals surface area contributed by atoms with Gasteiger partial charge in [0.1, 0.15) is 5.75 Å². The molecular weight excluding hydrogens is 208 g/mol. The van der Waals surface area contributed by atoms with Crippen molar-refractivity contribution in [2.45, 2.75) is 20.8 Å². The van der Waals surface area contributed by atoms with Crippen LogP contribution in [-0.4, -0.2) is 7.11 Å². The van der Waals surface area contributed by atoms with Crippen LogP contribution in [-0.2, 0) is 0 Å². The minimum Gasteiger partial charge on any atom is -0.496 e. The Morgan fingerprint density at radius 1 is 0.765 bits per heavy atom.